The molecule has 1 amide bonds. The summed E-state index contributed by atoms with van der Waals surface area (Å²) < 4.78 is 0. The summed E-state index contributed by atoms with van der Waals surface area (Å²) in [6.07, 6.45) is 0. The van der Waals surface area contributed by atoms with Crippen LogP contribution < -0.4 is 10.3 Å². The topological polar surface area (TPSA) is 60.3 Å². The summed E-state index contributed by atoms with van der Waals surface area (Å²) in [5.41, 5.74) is 6.02. The normalized spacial score (nSPS) is 18.4. The maximum absolute atomic E-state index is 12.6. The molecule has 0 unspecified atom stereocenters. The van der Waals surface area contributed by atoms with Gasteiger partial charge in [-0.15, -0.1) is 0 Å². The number of anilines is 2. The van der Waals surface area contributed by atoms with Crippen molar-refractivity contribution in [3.05, 3.63) is 60.2 Å². The number of nitrogens with one attached hydrogen (secondary N) is 1. The van der Waals surface area contributed by atoms with Crippen molar-refractivity contribution in [3.63, 3.8) is 0 Å². The van der Waals surface area contributed by atoms with E-state index in [0.717, 1.165) is 11.4 Å². The molecule has 6 nitrogen and oxygen atoms in total. The third kappa shape index (κ3) is 3.23. The molecule has 2 aromatic carbocycles. The Morgan fingerprint density at radius 2 is 1.88 bits per heavy atom. The Morgan fingerprint density at radius 1 is 1.12 bits per heavy atom. The number of para-hydroxylation sites is 1. The van der Waals surface area contributed by atoms with E-state index in [4.69, 9.17) is 0 Å². The van der Waals surface area contributed by atoms with Crippen molar-refractivity contribution < 1.29 is 4.79 Å². The molecule has 0 radical (unpaired) electrons. The Labute approximate surface area is 150 Å². The molecule has 2 heterocycles. The maximum atomic E-state index is 12.6. The van der Waals surface area contributed by atoms with Crippen LogP contribution in [-0.4, -0.2) is 34.4 Å². The minimum absolute atomic E-state index is 0.121. The van der Waals surface area contributed by atoms with E-state index in [0.29, 0.717) is 23.5 Å². The highest BCUT2D eigenvalue weighted by Crippen LogP contribution is 2.28. The van der Waals surface area contributed by atoms with Crippen LogP contribution in [0.15, 0.2) is 64.7 Å². The fraction of sp³-hybridized carbons (Fsp3) is 0.167. The number of amides is 1. The van der Waals surface area contributed by atoms with Crippen LogP contribution >= 0.6 is 11.8 Å². The molecular formula is C18H17N5OS. The molecule has 126 valence electrons. The van der Waals surface area contributed by atoms with Gasteiger partial charge in [0.25, 0.3) is 5.91 Å². The van der Waals surface area contributed by atoms with Gasteiger partial charge in [-0.2, -0.15) is 5.10 Å². The van der Waals surface area contributed by atoms with Crippen LogP contribution in [0.3, 0.4) is 0 Å². The predicted molar refractivity (Wildman–Crippen MR) is 103 cm³/mol. The van der Waals surface area contributed by atoms with Crippen molar-refractivity contribution in [2.24, 2.45) is 10.1 Å². The van der Waals surface area contributed by atoms with Crippen LogP contribution in [0, 0.1) is 6.92 Å². The first-order valence-corrected chi connectivity index (χ1v) is 8.77. The highest BCUT2D eigenvalue weighted by Gasteiger charge is 2.38. The molecule has 4 rings (SSSR count). The van der Waals surface area contributed by atoms with Gasteiger partial charge in [0.2, 0.25) is 0 Å². The number of thioether (sulfide) groups is 1. The van der Waals surface area contributed by atoms with E-state index in [1.165, 1.54) is 17.3 Å². The van der Waals surface area contributed by atoms with E-state index in [-0.39, 0.29) is 5.91 Å². The Morgan fingerprint density at radius 3 is 2.64 bits per heavy atom. The Balaban J connectivity index is 1.48. The monoisotopic (exact) mass is 351 g/mol. The first kappa shape index (κ1) is 15.7. The number of nitrogens with zero attached hydrogens (tertiary/aromatic N) is 4. The predicted octanol–water partition coefficient (Wildman–Crippen LogP) is 3.09. The second kappa shape index (κ2) is 6.60. The molecule has 0 bridgehead atoms. The fourth-order valence-corrected chi connectivity index (χ4v) is 3.44. The minimum atomic E-state index is -0.121. The zero-order valence-corrected chi connectivity index (χ0v) is 14.5. The second-order valence-electron chi connectivity index (χ2n) is 5.83. The van der Waals surface area contributed by atoms with Gasteiger partial charge in [-0.3, -0.25) is 15.1 Å². The lowest BCUT2D eigenvalue weighted by atomic mass is 10.2. The SMILES string of the molecule is Cc1ccc(N/N=C2/SC3=NCN(c4ccccc4)CN3C2=O)cc1. The molecule has 0 atom stereocenters. The number of benzene rings is 2. The van der Waals surface area contributed by atoms with E-state index < -0.39 is 0 Å². The van der Waals surface area contributed by atoms with Gasteiger partial charge in [-0.1, -0.05) is 35.9 Å². The van der Waals surface area contributed by atoms with Crippen molar-refractivity contribution in [2.75, 3.05) is 23.7 Å². The van der Waals surface area contributed by atoms with Crippen LogP contribution in [0.25, 0.3) is 0 Å². The number of hydrazone groups is 1. The number of hydrogen-bond donors (Lipinski definition) is 1. The molecule has 2 aliphatic heterocycles. The van der Waals surface area contributed by atoms with E-state index in [9.17, 15) is 4.79 Å². The summed E-state index contributed by atoms with van der Waals surface area (Å²) in [5.74, 6) is -0.121. The van der Waals surface area contributed by atoms with Gasteiger partial charge in [-0.05, 0) is 43.0 Å². The molecule has 0 aromatic heterocycles. The van der Waals surface area contributed by atoms with E-state index in [2.05, 4.69) is 20.4 Å². The maximum Gasteiger partial charge on any atom is 0.288 e. The highest BCUT2D eigenvalue weighted by molar-refractivity contribution is 8.28. The first-order valence-electron chi connectivity index (χ1n) is 7.95. The molecule has 1 N–H and O–H groups in total. The molecule has 7 heteroatoms. The number of carbonyl (C=O) groups excluding carboxylic acids is 1. The van der Waals surface area contributed by atoms with Gasteiger partial charge >= 0.3 is 0 Å². The number of aryl methyl sites for hydroxylation is 1. The van der Waals surface area contributed by atoms with E-state index in [1.807, 2.05) is 61.5 Å². The van der Waals surface area contributed by atoms with Gasteiger partial charge in [0.15, 0.2) is 10.2 Å². The number of aliphatic imine (C=N–C) groups is 1. The van der Waals surface area contributed by atoms with Crippen LogP contribution in [0.2, 0.25) is 0 Å². The largest absolute Gasteiger partial charge is 0.334 e. The average Bonchev–Trinajstić information content (AvgIpc) is 2.97. The summed E-state index contributed by atoms with van der Waals surface area (Å²) in [4.78, 5) is 20.9. The zero-order chi connectivity index (χ0) is 17.2. The van der Waals surface area contributed by atoms with Crippen molar-refractivity contribution in [1.82, 2.24) is 4.90 Å². The van der Waals surface area contributed by atoms with Gasteiger partial charge in [-0.25, -0.2) is 4.99 Å². The zero-order valence-electron chi connectivity index (χ0n) is 13.7. The van der Waals surface area contributed by atoms with E-state index >= 15 is 0 Å². The van der Waals surface area contributed by atoms with Gasteiger partial charge in [0, 0.05) is 5.69 Å². The van der Waals surface area contributed by atoms with Gasteiger partial charge in [0.05, 0.1) is 5.69 Å². The molecular weight excluding hydrogens is 334 g/mol. The number of amidine groups is 1. The van der Waals surface area contributed by atoms with Crippen molar-refractivity contribution in [1.29, 1.82) is 0 Å². The van der Waals surface area contributed by atoms with Crippen LogP contribution in [0.4, 0.5) is 11.4 Å². The minimum Gasteiger partial charge on any atom is -0.334 e. The third-order valence-electron chi connectivity index (χ3n) is 4.00. The van der Waals surface area contributed by atoms with Crippen LogP contribution in [0.5, 0.6) is 0 Å². The van der Waals surface area contributed by atoms with Gasteiger partial charge < -0.3 is 4.90 Å². The summed E-state index contributed by atoms with van der Waals surface area (Å²) in [6.45, 7) is 3.05. The Kier molecular flexibility index (Phi) is 4.15. The molecule has 0 saturated carbocycles. The number of hydrogen-bond acceptors (Lipinski definition) is 6. The standard InChI is InChI=1S/C18H17N5OS/c1-13-7-9-14(10-8-13)20-21-16-17(24)23-12-22(11-19-18(23)25-16)15-5-3-2-4-6-15/h2-10,20H,11-12H2,1H3/b21-16+. The molecule has 25 heavy (non-hydrogen) atoms. The first-order chi connectivity index (χ1) is 12.2. The molecule has 1 saturated heterocycles. The lowest BCUT2D eigenvalue weighted by Gasteiger charge is -2.31. The number of carbonyl (C=O) groups is 1. The quantitative estimate of drug-likeness (QED) is 0.864. The summed E-state index contributed by atoms with van der Waals surface area (Å²) in [5, 5.41) is 5.39. The lowest BCUT2D eigenvalue weighted by molar-refractivity contribution is -0.120. The molecule has 0 spiro atoms. The van der Waals surface area contributed by atoms with Crippen molar-refractivity contribution in [2.45, 2.75) is 6.92 Å². The number of rotatable bonds is 3. The Bertz CT molecular complexity index is 848. The van der Waals surface area contributed by atoms with Crippen molar-refractivity contribution >= 4 is 39.3 Å². The second-order valence-corrected chi connectivity index (χ2v) is 6.78. The molecule has 1 fully saturated rings. The molecule has 0 aliphatic carbocycles. The third-order valence-corrected chi connectivity index (χ3v) is 4.99. The van der Waals surface area contributed by atoms with Crippen LogP contribution in [-0.2, 0) is 4.79 Å². The van der Waals surface area contributed by atoms with Crippen LogP contribution in [0.1, 0.15) is 5.56 Å². The fourth-order valence-electron chi connectivity index (χ4n) is 2.61. The average molecular weight is 351 g/mol. The van der Waals surface area contributed by atoms with Crippen molar-refractivity contribution in [3.8, 4) is 0 Å². The smallest absolute Gasteiger partial charge is 0.288 e. The lowest BCUT2D eigenvalue weighted by Crippen LogP contribution is -2.45. The van der Waals surface area contributed by atoms with E-state index in [1.54, 1.807) is 4.90 Å². The number of fused-ring (bicyclic) bond motifs is 1. The molecule has 2 aromatic rings. The summed E-state index contributed by atoms with van der Waals surface area (Å²) in [7, 11) is 0. The Hall–Kier alpha value is -2.80. The summed E-state index contributed by atoms with van der Waals surface area (Å²) >= 11 is 1.31. The summed E-state index contributed by atoms with van der Waals surface area (Å²) in [6, 6.07) is 17.8. The van der Waals surface area contributed by atoms with Gasteiger partial charge in [0.1, 0.15) is 13.3 Å². The highest BCUT2D eigenvalue weighted by atomic mass is 32.2. The molecule has 2 aliphatic rings.